The summed E-state index contributed by atoms with van der Waals surface area (Å²) in [6.45, 7) is 0.816. The molecule has 0 unspecified atom stereocenters. The molecule has 0 aromatic heterocycles. The van der Waals surface area contributed by atoms with Crippen LogP contribution in [0.2, 0.25) is 0 Å². The summed E-state index contributed by atoms with van der Waals surface area (Å²) in [5.74, 6) is -0.240. The van der Waals surface area contributed by atoms with Gasteiger partial charge >= 0.3 is 0 Å². The molecule has 108 valence electrons. The van der Waals surface area contributed by atoms with Gasteiger partial charge in [-0.05, 0) is 11.6 Å². The quantitative estimate of drug-likeness (QED) is 0.792. The van der Waals surface area contributed by atoms with E-state index in [2.05, 4.69) is 5.32 Å². The second kappa shape index (κ2) is 5.89. The lowest BCUT2D eigenvalue weighted by Crippen LogP contribution is -2.44. The summed E-state index contributed by atoms with van der Waals surface area (Å²) in [6.07, 6.45) is -0.707. The molecule has 1 saturated heterocycles. The molecule has 1 aliphatic heterocycles. The van der Waals surface area contributed by atoms with Crippen molar-refractivity contribution >= 4 is 10.0 Å². The Kier molecular flexibility index (Phi) is 4.40. The van der Waals surface area contributed by atoms with E-state index in [4.69, 9.17) is 5.26 Å². The summed E-state index contributed by atoms with van der Waals surface area (Å²) < 4.78 is 26.0. The highest BCUT2D eigenvalue weighted by molar-refractivity contribution is 7.88. The van der Waals surface area contributed by atoms with Gasteiger partial charge in [-0.25, -0.2) is 8.42 Å². The number of β-amino-alcohol motifs (C(OH)–C–C–N with tert-alkyl or cyclic N) is 1. The minimum Gasteiger partial charge on any atom is -0.390 e. The van der Waals surface area contributed by atoms with Crippen molar-refractivity contribution in [1.82, 2.24) is 9.62 Å². The molecule has 0 bridgehead atoms. The lowest BCUT2D eigenvalue weighted by Gasteiger charge is -2.25. The van der Waals surface area contributed by atoms with E-state index in [0.29, 0.717) is 24.2 Å². The van der Waals surface area contributed by atoms with Gasteiger partial charge in [-0.3, -0.25) is 0 Å². The van der Waals surface area contributed by atoms with E-state index in [1.54, 1.807) is 24.3 Å². The molecule has 20 heavy (non-hydrogen) atoms. The average Bonchev–Trinajstić information content (AvgIpc) is 2.84. The molecule has 2 rings (SSSR count). The Morgan fingerprint density at radius 3 is 2.75 bits per heavy atom. The molecule has 1 aliphatic rings. The number of sulfonamides is 1. The number of rotatable bonds is 4. The van der Waals surface area contributed by atoms with Crippen molar-refractivity contribution in [2.45, 2.75) is 17.9 Å². The fourth-order valence-electron chi connectivity index (χ4n) is 2.28. The number of benzene rings is 1. The van der Waals surface area contributed by atoms with Crippen LogP contribution in [0.25, 0.3) is 0 Å². The zero-order valence-electron chi connectivity index (χ0n) is 11.2. The van der Waals surface area contributed by atoms with E-state index in [-0.39, 0.29) is 5.75 Å². The van der Waals surface area contributed by atoms with Crippen molar-refractivity contribution in [3.8, 4) is 6.07 Å². The van der Waals surface area contributed by atoms with Crippen molar-refractivity contribution in [1.29, 1.82) is 5.26 Å². The zero-order valence-corrected chi connectivity index (χ0v) is 12.0. The number of nitrogens with one attached hydrogen (secondary N) is 1. The average molecular weight is 295 g/mol. The predicted octanol–water partition coefficient (Wildman–Crippen LogP) is -0.347. The third-order valence-electron chi connectivity index (χ3n) is 3.53. The smallest absolute Gasteiger partial charge is 0.218 e. The Balaban J connectivity index is 2.21. The predicted molar refractivity (Wildman–Crippen MR) is 74.2 cm³/mol. The van der Waals surface area contributed by atoms with E-state index in [9.17, 15) is 13.5 Å². The molecule has 1 aromatic rings. The number of nitrogens with zero attached hydrogens (tertiary/aromatic N) is 2. The number of likely N-dealkylation sites (N-methyl/N-ethyl adjacent to an activating group) is 1. The van der Waals surface area contributed by atoms with Gasteiger partial charge in [0.2, 0.25) is 10.0 Å². The molecule has 0 aliphatic carbocycles. The number of nitriles is 1. The van der Waals surface area contributed by atoms with E-state index < -0.39 is 22.2 Å². The standard InChI is InChI=1S/C13H17N3O3S/c1-16(12-7-15-8-13(12)17)20(18,19)9-11-5-3-2-4-10(11)6-14/h2-5,12-13,15,17H,7-9H2,1H3/t12-,13-/m0/s1. The van der Waals surface area contributed by atoms with Crippen LogP contribution in [-0.2, 0) is 15.8 Å². The molecule has 0 amide bonds. The molecule has 1 heterocycles. The van der Waals surface area contributed by atoms with Crippen LogP contribution >= 0.6 is 0 Å². The van der Waals surface area contributed by atoms with Crippen LogP contribution in [0, 0.1) is 11.3 Å². The lowest BCUT2D eigenvalue weighted by atomic mass is 10.1. The van der Waals surface area contributed by atoms with Crippen molar-refractivity contribution in [2.24, 2.45) is 0 Å². The fraction of sp³-hybridized carbons (Fsp3) is 0.462. The summed E-state index contributed by atoms with van der Waals surface area (Å²) in [4.78, 5) is 0. The highest BCUT2D eigenvalue weighted by atomic mass is 32.2. The molecule has 1 fully saturated rings. The summed E-state index contributed by atoms with van der Waals surface area (Å²) in [5.41, 5.74) is 0.830. The Morgan fingerprint density at radius 2 is 2.15 bits per heavy atom. The molecule has 2 atom stereocenters. The van der Waals surface area contributed by atoms with Crippen LogP contribution in [-0.4, -0.2) is 50.1 Å². The van der Waals surface area contributed by atoms with E-state index in [1.165, 1.54) is 11.4 Å². The molecule has 0 saturated carbocycles. The van der Waals surface area contributed by atoms with Gasteiger partial charge in [0.15, 0.2) is 0 Å². The van der Waals surface area contributed by atoms with Crippen LogP contribution < -0.4 is 5.32 Å². The fourth-order valence-corrected chi connectivity index (χ4v) is 3.76. The molecule has 7 heteroatoms. The van der Waals surface area contributed by atoms with Crippen LogP contribution in [0.5, 0.6) is 0 Å². The number of aliphatic hydroxyl groups is 1. The highest BCUT2D eigenvalue weighted by Crippen LogP contribution is 2.18. The van der Waals surface area contributed by atoms with Gasteiger partial charge in [-0.1, -0.05) is 18.2 Å². The first-order chi connectivity index (χ1) is 9.45. The summed E-state index contributed by atoms with van der Waals surface area (Å²) >= 11 is 0. The zero-order chi connectivity index (χ0) is 14.8. The summed E-state index contributed by atoms with van der Waals surface area (Å²) in [5, 5.41) is 21.7. The normalized spacial score (nSPS) is 22.9. The molecular weight excluding hydrogens is 278 g/mol. The molecule has 2 N–H and O–H groups in total. The van der Waals surface area contributed by atoms with Crippen molar-refractivity contribution in [3.63, 3.8) is 0 Å². The van der Waals surface area contributed by atoms with Gasteiger partial charge in [-0.2, -0.15) is 9.57 Å². The highest BCUT2D eigenvalue weighted by Gasteiger charge is 2.35. The van der Waals surface area contributed by atoms with Crippen molar-refractivity contribution in [2.75, 3.05) is 20.1 Å². The molecule has 0 radical (unpaired) electrons. The SMILES string of the molecule is CN([C@H]1CNC[C@@H]1O)S(=O)(=O)Cc1ccccc1C#N. The third-order valence-corrected chi connectivity index (χ3v) is 5.36. The van der Waals surface area contributed by atoms with Crippen molar-refractivity contribution in [3.05, 3.63) is 35.4 Å². The van der Waals surface area contributed by atoms with Crippen LogP contribution in [0.3, 0.4) is 0 Å². The van der Waals surface area contributed by atoms with Crippen LogP contribution in [0.1, 0.15) is 11.1 Å². The summed E-state index contributed by atoms with van der Waals surface area (Å²) in [6, 6.07) is 8.16. The largest absolute Gasteiger partial charge is 0.390 e. The second-order valence-electron chi connectivity index (χ2n) is 4.83. The Morgan fingerprint density at radius 1 is 1.45 bits per heavy atom. The summed E-state index contributed by atoms with van der Waals surface area (Å²) in [7, 11) is -2.12. The Bertz CT molecular complexity index is 624. The van der Waals surface area contributed by atoms with Gasteiger partial charge in [0.05, 0.1) is 29.5 Å². The second-order valence-corrected chi connectivity index (χ2v) is 6.86. The maximum atomic E-state index is 12.4. The van der Waals surface area contributed by atoms with Gasteiger partial charge in [0.25, 0.3) is 0 Å². The van der Waals surface area contributed by atoms with Gasteiger partial charge in [0.1, 0.15) is 0 Å². The maximum absolute atomic E-state index is 12.4. The number of aliphatic hydroxyl groups excluding tert-OH is 1. The van der Waals surface area contributed by atoms with Crippen LogP contribution in [0.4, 0.5) is 0 Å². The minimum absolute atomic E-state index is 0.240. The lowest BCUT2D eigenvalue weighted by molar-refractivity contribution is 0.136. The topological polar surface area (TPSA) is 93.4 Å². The molecule has 6 nitrogen and oxygen atoms in total. The Hall–Kier alpha value is -1.46. The monoisotopic (exact) mass is 295 g/mol. The van der Waals surface area contributed by atoms with Gasteiger partial charge in [-0.15, -0.1) is 0 Å². The van der Waals surface area contributed by atoms with E-state index >= 15 is 0 Å². The minimum atomic E-state index is -3.58. The third kappa shape index (κ3) is 2.99. The first kappa shape index (κ1) is 14.9. The maximum Gasteiger partial charge on any atom is 0.218 e. The first-order valence-electron chi connectivity index (χ1n) is 6.28. The number of hydrogen-bond donors (Lipinski definition) is 2. The molecular formula is C13H17N3O3S. The van der Waals surface area contributed by atoms with E-state index in [0.717, 1.165) is 0 Å². The first-order valence-corrected chi connectivity index (χ1v) is 7.89. The number of hydrogen-bond acceptors (Lipinski definition) is 5. The van der Waals surface area contributed by atoms with Gasteiger partial charge in [0, 0.05) is 20.1 Å². The molecule has 1 aromatic carbocycles. The van der Waals surface area contributed by atoms with E-state index in [1.807, 2.05) is 6.07 Å². The van der Waals surface area contributed by atoms with Crippen molar-refractivity contribution < 1.29 is 13.5 Å². The Labute approximate surface area is 118 Å². The van der Waals surface area contributed by atoms with Gasteiger partial charge < -0.3 is 10.4 Å². The molecule has 0 spiro atoms. The van der Waals surface area contributed by atoms with Crippen LogP contribution in [0.15, 0.2) is 24.3 Å².